The molecule has 1 aromatic rings. The first-order valence-electron chi connectivity index (χ1n) is 6.50. The van der Waals surface area contributed by atoms with Crippen LogP contribution in [0.5, 0.6) is 0 Å². The van der Waals surface area contributed by atoms with Crippen LogP contribution in [0.4, 0.5) is 0 Å². The third-order valence-electron chi connectivity index (χ3n) is 2.99. The van der Waals surface area contributed by atoms with Gasteiger partial charge in [0.15, 0.2) is 0 Å². The van der Waals surface area contributed by atoms with Crippen molar-refractivity contribution >= 4 is 5.91 Å². The fraction of sp³-hybridized carbons (Fsp3) is 0.533. The van der Waals surface area contributed by atoms with E-state index in [1.807, 2.05) is 26.0 Å². The van der Waals surface area contributed by atoms with Crippen LogP contribution in [-0.4, -0.2) is 35.1 Å². The third-order valence-corrected chi connectivity index (χ3v) is 2.99. The Labute approximate surface area is 109 Å². The smallest absolute Gasteiger partial charge is 0.223 e. The lowest BCUT2D eigenvalue weighted by atomic mass is 10.1. The van der Waals surface area contributed by atoms with Crippen molar-refractivity contribution in [2.75, 3.05) is 13.2 Å². The summed E-state index contributed by atoms with van der Waals surface area (Å²) in [7, 11) is 0. The van der Waals surface area contributed by atoms with Crippen molar-refractivity contribution in [1.29, 1.82) is 0 Å². The summed E-state index contributed by atoms with van der Waals surface area (Å²) in [5, 5.41) is 8.96. The predicted molar refractivity (Wildman–Crippen MR) is 73.4 cm³/mol. The molecular weight excluding hydrogens is 226 g/mol. The largest absolute Gasteiger partial charge is 0.395 e. The SMILES string of the molecule is Cc1cccc(CCC(=O)N(CCO)C(C)C)c1. The molecule has 0 radical (unpaired) electrons. The summed E-state index contributed by atoms with van der Waals surface area (Å²) in [5.74, 6) is 0.112. The van der Waals surface area contributed by atoms with Gasteiger partial charge in [-0.15, -0.1) is 0 Å². The van der Waals surface area contributed by atoms with Crippen molar-refractivity contribution < 1.29 is 9.90 Å². The fourth-order valence-electron chi connectivity index (χ4n) is 2.04. The number of hydrogen-bond donors (Lipinski definition) is 1. The minimum absolute atomic E-state index is 0.0222. The van der Waals surface area contributed by atoms with Gasteiger partial charge in [0.1, 0.15) is 0 Å². The molecule has 0 aliphatic heterocycles. The second kappa shape index (κ2) is 7.17. The lowest BCUT2D eigenvalue weighted by molar-refractivity contribution is -0.133. The van der Waals surface area contributed by atoms with Gasteiger partial charge in [-0.3, -0.25) is 4.79 Å². The van der Waals surface area contributed by atoms with E-state index in [4.69, 9.17) is 5.11 Å². The maximum atomic E-state index is 12.0. The molecule has 1 aromatic carbocycles. The van der Waals surface area contributed by atoms with Crippen molar-refractivity contribution in [3.05, 3.63) is 35.4 Å². The average molecular weight is 249 g/mol. The zero-order chi connectivity index (χ0) is 13.5. The molecule has 1 rings (SSSR count). The van der Waals surface area contributed by atoms with Crippen LogP contribution < -0.4 is 0 Å². The summed E-state index contributed by atoms with van der Waals surface area (Å²) in [6.45, 7) is 6.44. The first kappa shape index (κ1) is 14.7. The second-order valence-electron chi connectivity index (χ2n) is 4.89. The molecule has 0 bridgehead atoms. The van der Waals surface area contributed by atoms with Crippen LogP contribution in [-0.2, 0) is 11.2 Å². The number of carbonyl (C=O) groups is 1. The summed E-state index contributed by atoms with van der Waals surface area (Å²) in [4.78, 5) is 13.8. The number of amides is 1. The van der Waals surface area contributed by atoms with E-state index in [0.29, 0.717) is 13.0 Å². The Morgan fingerprint density at radius 3 is 2.67 bits per heavy atom. The molecule has 3 heteroatoms. The van der Waals surface area contributed by atoms with E-state index >= 15 is 0 Å². The van der Waals surface area contributed by atoms with E-state index in [0.717, 1.165) is 6.42 Å². The Hall–Kier alpha value is -1.35. The first-order chi connectivity index (χ1) is 8.54. The van der Waals surface area contributed by atoms with E-state index in [-0.39, 0.29) is 18.6 Å². The van der Waals surface area contributed by atoms with Gasteiger partial charge in [-0.1, -0.05) is 29.8 Å². The molecule has 0 saturated carbocycles. The van der Waals surface area contributed by atoms with Crippen molar-refractivity contribution in [3.8, 4) is 0 Å². The van der Waals surface area contributed by atoms with Gasteiger partial charge in [0.25, 0.3) is 0 Å². The van der Waals surface area contributed by atoms with Crippen LogP contribution >= 0.6 is 0 Å². The molecule has 0 aromatic heterocycles. The van der Waals surface area contributed by atoms with Crippen molar-refractivity contribution in [1.82, 2.24) is 4.90 Å². The van der Waals surface area contributed by atoms with E-state index in [1.54, 1.807) is 4.90 Å². The number of aliphatic hydroxyl groups is 1. The molecule has 0 saturated heterocycles. The molecule has 1 N–H and O–H groups in total. The Balaban J connectivity index is 2.54. The summed E-state index contributed by atoms with van der Waals surface area (Å²) >= 11 is 0. The van der Waals surface area contributed by atoms with Crippen LogP contribution in [0.1, 0.15) is 31.4 Å². The van der Waals surface area contributed by atoms with Gasteiger partial charge in [0.05, 0.1) is 6.61 Å². The monoisotopic (exact) mass is 249 g/mol. The Morgan fingerprint density at radius 1 is 1.39 bits per heavy atom. The number of hydrogen-bond acceptors (Lipinski definition) is 2. The van der Waals surface area contributed by atoms with Crippen molar-refractivity contribution in [2.24, 2.45) is 0 Å². The van der Waals surface area contributed by atoms with E-state index < -0.39 is 0 Å². The topological polar surface area (TPSA) is 40.5 Å². The molecule has 18 heavy (non-hydrogen) atoms. The second-order valence-corrected chi connectivity index (χ2v) is 4.89. The van der Waals surface area contributed by atoms with Gasteiger partial charge in [0.2, 0.25) is 5.91 Å². The minimum Gasteiger partial charge on any atom is -0.395 e. The number of rotatable bonds is 6. The van der Waals surface area contributed by atoms with Gasteiger partial charge in [-0.05, 0) is 32.8 Å². The van der Waals surface area contributed by atoms with Gasteiger partial charge in [-0.2, -0.15) is 0 Å². The zero-order valence-corrected chi connectivity index (χ0v) is 11.5. The van der Waals surface area contributed by atoms with Gasteiger partial charge >= 0.3 is 0 Å². The van der Waals surface area contributed by atoms with Crippen LogP contribution in [0.15, 0.2) is 24.3 Å². The van der Waals surface area contributed by atoms with Crippen LogP contribution in [0.3, 0.4) is 0 Å². The fourth-order valence-corrected chi connectivity index (χ4v) is 2.04. The molecule has 0 unspecified atom stereocenters. The maximum absolute atomic E-state index is 12.0. The molecule has 0 fully saturated rings. The lowest BCUT2D eigenvalue weighted by Crippen LogP contribution is -2.39. The lowest BCUT2D eigenvalue weighted by Gasteiger charge is -2.26. The number of benzene rings is 1. The van der Waals surface area contributed by atoms with E-state index in [9.17, 15) is 4.79 Å². The molecule has 1 amide bonds. The highest BCUT2D eigenvalue weighted by Gasteiger charge is 2.15. The predicted octanol–water partition coefficient (Wildman–Crippen LogP) is 2.16. The number of nitrogens with zero attached hydrogens (tertiary/aromatic N) is 1. The summed E-state index contributed by atoms with van der Waals surface area (Å²) < 4.78 is 0. The quantitative estimate of drug-likeness (QED) is 0.839. The highest BCUT2D eigenvalue weighted by Crippen LogP contribution is 2.09. The number of aliphatic hydroxyl groups excluding tert-OH is 1. The molecule has 0 spiro atoms. The van der Waals surface area contributed by atoms with E-state index in [1.165, 1.54) is 11.1 Å². The van der Waals surface area contributed by atoms with Gasteiger partial charge < -0.3 is 10.0 Å². The normalized spacial score (nSPS) is 10.7. The highest BCUT2D eigenvalue weighted by molar-refractivity contribution is 5.76. The molecule has 0 aliphatic carbocycles. The number of carbonyl (C=O) groups excluding carboxylic acids is 1. The van der Waals surface area contributed by atoms with Crippen molar-refractivity contribution in [2.45, 2.75) is 39.7 Å². The summed E-state index contributed by atoms with van der Waals surface area (Å²) in [6.07, 6.45) is 1.26. The standard InChI is InChI=1S/C15H23NO2/c1-12(2)16(9-10-17)15(18)8-7-14-6-4-5-13(3)11-14/h4-6,11-12,17H,7-10H2,1-3H3. The molecule has 0 aliphatic rings. The summed E-state index contributed by atoms with van der Waals surface area (Å²) in [6, 6.07) is 8.37. The average Bonchev–Trinajstić information content (AvgIpc) is 2.32. The Bertz CT molecular complexity index is 388. The van der Waals surface area contributed by atoms with Crippen LogP contribution in [0, 0.1) is 6.92 Å². The van der Waals surface area contributed by atoms with Gasteiger partial charge in [-0.25, -0.2) is 0 Å². The maximum Gasteiger partial charge on any atom is 0.223 e. The molecule has 100 valence electrons. The van der Waals surface area contributed by atoms with Crippen LogP contribution in [0.2, 0.25) is 0 Å². The number of aryl methyl sites for hydroxylation is 2. The first-order valence-corrected chi connectivity index (χ1v) is 6.50. The van der Waals surface area contributed by atoms with Crippen molar-refractivity contribution in [3.63, 3.8) is 0 Å². The summed E-state index contributed by atoms with van der Waals surface area (Å²) in [5.41, 5.74) is 2.41. The molecule has 3 nitrogen and oxygen atoms in total. The third kappa shape index (κ3) is 4.49. The zero-order valence-electron chi connectivity index (χ0n) is 11.5. The minimum atomic E-state index is 0.0222. The Kier molecular flexibility index (Phi) is 5.86. The Morgan fingerprint density at radius 2 is 2.11 bits per heavy atom. The highest BCUT2D eigenvalue weighted by atomic mass is 16.3. The molecular formula is C15H23NO2. The van der Waals surface area contributed by atoms with Crippen LogP contribution in [0.25, 0.3) is 0 Å². The van der Waals surface area contributed by atoms with Gasteiger partial charge in [0, 0.05) is 19.0 Å². The van der Waals surface area contributed by atoms with E-state index in [2.05, 4.69) is 19.1 Å². The molecule has 0 heterocycles. The molecule has 0 atom stereocenters.